The molecule has 0 fully saturated rings. The summed E-state index contributed by atoms with van der Waals surface area (Å²) in [4.78, 5) is 24.4. The number of hydrogen-bond acceptors (Lipinski definition) is 6. The highest BCUT2D eigenvalue weighted by molar-refractivity contribution is 7.47. The van der Waals surface area contributed by atoms with Crippen LogP contribution in [0, 0.1) is 5.92 Å². The van der Waals surface area contributed by atoms with Crippen LogP contribution in [0.25, 0.3) is 0 Å². The Morgan fingerprint density at radius 1 is 0.875 bits per heavy atom. The smallest absolute Gasteiger partial charge is 0.472 e. The van der Waals surface area contributed by atoms with Gasteiger partial charge in [0.15, 0.2) is 0 Å². The van der Waals surface area contributed by atoms with Gasteiger partial charge in [-0.3, -0.25) is 13.8 Å². The van der Waals surface area contributed by atoms with Crippen LogP contribution in [0.3, 0.4) is 0 Å². The minimum Gasteiger partial charge on any atom is -0.494 e. The van der Waals surface area contributed by atoms with Gasteiger partial charge in [-0.1, -0.05) is 90.2 Å². The summed E-state index contributed by atoms with van der Waals surface area (Å²) in [6.07, 6.45) is 17.2. The van der Waals surface area contributed by atoms with Crippen LogP contribution in [0.15, 0.2) is 24.3 Å². The van der Waals surface area contributed by atoms with Gasteiger partial charge in [0.2, 0.25) is 0 Å². The van der Waals surface area contributed by atoms with Crippen LogP contribution < -0.4 is 4.74 Å². The summed E-state index contributed by atoms with van der Waals surface area (Å²) in [7, 11) is -0.191. The van der Waals surface area contributed by atoms with Crippen molar-refractivity contribution in [3.8, 4) is 5.75 Å². The molecule has 0 saturated heterocycles. The Morgan fingerprint density at radius 2 is 1.50 bits per heavy atom. The fraction of sp³-hybridized carbons (Fsp3) is 0.781. The highest BCUT2D eigenvalue weighted by Gasteiger charge is 2.24. The second-order valence-electron chi connectivity index (χ2n) is 11.3. The summed E-state index contributed by atoms with van der Waals surface area (Å²) in [6, 6.07) is 7.91. The van der Waals surface area contributed by atoms with Crippen LogP contribution >= 0.6 is 7.82 Å². The van der Waals surface area contributed by atoms with Crippen LogP contribution in [0.5, 0.6) is 5.75 Å². The summed E-state index contributed by atoms with van der Waals surface area (Å²) in [5.74, 6) is 0.710. The summed E-state index contributed by atoms with van der Waals surface area (Å²) in [5, 5.41) is 0. The number of nitrogens with zero attached hydrogens (tertiary/aromatic N) is 1. The van der Waals surface area contributed by atoms with Gasteiger partial charge in [0.1, 0.15) is 11.5 Å². The standard InChI is InChI=1S/C32H58NO6P/c1-5-7-8-9-10-11-12-13-14-15-17-23-37-32-21-19-20-29(27-32)25-30(26-31(34)6-2)28-39-40(35,36)38-24-18-16-22-33(3)4/h19-21,27,30H,5-18,22-26,28H2,1-4H3,(H,35,36). The maximum Gasteiger partial charge on any atom is 0.472 e. The van der Waals surface area contributed by atoms with Crippen molar-refractivity contribution in [3.05, 3.63) is 29.8 Å². The van der Waals surface area contributed by atoms with E-state index in [9.17, 15) is 14.3 Å². The first-order valence-electron chi connectivity index (χ1n) is 15.8. The number of phosphoric ester groups is 1. The maximum absolute atomic E-state index is 12.4. The number of rotatable bonds is 27. The lowest BCUT2D eigenvalue weighted by Gasteiger charge is -2.19. The Labute approximate surface area is 245 Å². The van der Waals surface area contributed by atoms with Crippen LogP contribution in [-0.4, -0.2) is 56.0 Å². The molecule has 0 saturated carbocycles. The maximum atomic E-state index is 12.4. The fourth-order valence-corrected chi connectivity index (χ4v) is 5.49. The van der Waals surface area contributed by atoms with Gasteiger partial charge in [-0.05, 0) is 69.9 Å². The first kappa shape index (κ1) is 36.8. The van der Waals surface area contributed by atoms with Crippen molar-refractivity contribution in [2.45, 2.75) is 117 Å². The zero-order valence-electron chi connectivity index (χ0n) is 25.9. The van der Waals surface area contributed by atoms with E-state index in [4.69, 9.17) is 13.8 Å². The third-order valence-electron chi connectivity index (χ3n) is 7.08. The Kier molecular flexibility index (Phi) is 21.5. The van der Waals surface area contributed by atoms with Crippen molar-refractivity contribution < 1.29 is 28.0 Å². The first-order chi connectivity index (χ1) is 19.3. The van der Waals surface area contributed by atoms with Crippen LogP contribution in [0.2, 0.25) is 0 Å². The van der Waals surface area contributed by atoms with E-state index in [2.05, 4.69) is 11.8 Å². The second-order valence-corrected chi connectivity index (χ2v) is 12.8. The molecule has 1 N–H and O–H groups in total. The van der Waals surface area contributed by atoms with Crippen molar-refractivity contribution in [2.24, 2.45) is 5.92 Å². The monoisotopic (exact) mass is 583 g/mol. The molecule has 0 radical (unpaired) electrons. The number of carbonyl (C=O) groups is 1. The highest BCUT2D eigenvalue weighted by Crippen LogP contribution is 2.44. The topological polar surface area (TPSA) is 85.3 Å². The molecule has 8 heteroatoms. The average molecular weight is 584 g/mol. The molecule has 0 amide bonds. The zero-order valence-corrected chi connectivity index (χ0v) is 26.8. The molecule has 0 aliphatic heterocycles. The lowest BCUT2D eigenvalue weighted by Crippen LogP contribution is -2.17. The van der Waals surface area contributed by atoms with E-state index >= 15 is 0 Å². The van der Waals surface area contributed by atoms with Gasteiger partial charge in [-0.25, -0.2) is 4.57 Å². The molecule has 0 aliphatic carbocycles. The van der Waals surface area contributed by atoms with Gasteiger partial charge >= 0.3 is 7.82 Å². The number of hydrogen-bond donors (Lipinski definition) is 1. The molecular weight excluding hydrogens is 525 g/mol. The summed E-state index contributed by atoms with van der Waals surface area (Å²) >= 11 is 0. The van der Waals surface area contributed by atoms with E-state index in [0.29, 0.717) is 32.3 Å². The predicted octanol–water partition coefficient (Wildman–Crippen LogP) is 8.38. The van der Waals surface area contributed by atoms with Crippen molar-refractivity contribution in [2.75, 3.05) is 40.5 Å². The third kappa shape index (κ3) is 20.6. The van der Waals surface area contributed by atoms with E-state index in [-0.39, 0.29) is 24.9 Å². The van der Waals surface area contributed by atoms with Crippen LogP contribution in [0.1, 0.15) is 116 Å². The minimum atomic E-state index is -4.16. The lowest BCUT2D eigenvalue weighted by atomic mass is 9.94. The summed E-state index contributed by atoms with van der Waals surface area (Å²) < 4.78 is 28.8. The molecule has 0 aromatic heterocycles. The number of Topliss-reactive ketones (excluding diaryl/α,β-unsaturated/α-hetero) is 1. The Balaban J connectivity index is 2.40. The van der Waals surface area contributed by atoms with Crippen LogP contribution in [-0.2, 0) is 24.8 Å². The molecule has 0 aliphatic rings. The van der Waals surface area contributed by atoms with Gasteiger partial charge in [-0.15, -0.1) is 0 Å². The van der Waals surface area contributed by atoms with Gasteiger partial charge in [0, 0.05) is 12.8 Å². The SMILES string of the molecule is CCCCCCCCCCCCCOc1cccc(CC(COP(=O)(O)OCCCCN(C)C)CC(=O)CC)c1. The van der Waals surface area contributed by atoms with E-state index < -0.39 is 7.82 Å². The highest BCUT2D eigenvalue weighted by atomic mass is 31.2. The molecule has 232 valence electrons. The largest absolute Gasteiger partial charge is 0.494 e. The summed E-state index contributed by atoms with van der Waals surface area (Å²) in [6.45, 7) is 5.83. The van der Waals surface area contributed by atoms with Crippen LogP contribution in [0.4, 0.5) is 0 Å². The number of benzene rings is 1. The molecule has 7 nitrogen and oxygen atoms in total. The normalized spacial score (nSPS) is 13.8. The van der Waals surface area contributed by atoms with Gasteiger partial charge in [0.05, 0.1) is 19.8 Å². The molecule has 40 heavy (non-hydrogen) atoms. The molecule has 2 unspecified atom stereocenters. The number of unbranched alkanes of at least 4 members (excludes halogenated alkanes) is 11. The minimum absolute atomic E-state index is 0.0129. The van der Waals surface area contributed by atoms with E-state index in [1.807, 2.05) is 45.3 Å². The van der Waals surface area contributed by atoms with Crippen molar-refractivity contribution in [1.82, 2.24) is 4.90 Å². The van der Waals surface area contributed by atoms with E-state index in [0.717, 1.165) is 30.7 Å². The number of ether oxygens (including phenoxy) is 1. The van der Waals surface area contributed by atoms with Gasteiger partial charge in [0.25, 0.3) is 0 Å². The third-order valence-corrected chi connectivity index (χ3v) is 8.06. The fourth-order valence-electron chi connectivity index (χ4n) is 4.66. The molecular formula is C32H58NO6P. The first-order valence-corrected chi connectivity index (χ1v) is 17.2. The lowest BCUT2D eigenvalue weighted by molar-refractivity contribution is -0.120. The molecule has 0 spiro atoms. The molecule has 1 rings (SSSR count). The number of phosphoric acid groups is 1. The number of ketones is 1. The van der Waals surface area contributed by atoms with Gasteiger partial charge < -0.3 is 14.5 Å². The predicted molar refractivity (Wildman–Crippen MR) is 165 cm³/mol. The van der Waals surface area contributed by atoms with E-state index in [1.165, 1.54) is 64.2 Å². The zero-order chi connectivity index (χ0) is 29.5. The molecule has 0 bridgehead atoms. The molecule has 1 aromatic rings. The molecule has 0 heterocycles. The molecule has 2 atom stereocenters. The summed E-state index contributed by atoms with van der Waals surface area (Å²) in [5.41, 5.74) is 1.02. The Morgan fingerprint density at radius 3 is 2.12 bits per heavy atom. The van der Waals surface area contributed by atoms with Crippen molar-refractivity contribution >= 4 is 13.6 Å². The quantitative estimate of drug-likeness (QED) is 0.0822. The van der Waals surface area contributed by atoms with Gasteiger partial charge in [-0.2, -0.15) is 0 Å². The molecule has 1 aromatic carbocycles. The van der Waals surface area contributed by atoms with Crippen molar-refractivity contribution in [3.63, 3.8) is 0 Å². The number of carbonyl (C=O) groups excluding carboxylic acids is 1. The average Bonchev–Trinajstić information content (AvgIpc) is 2.92. The van der Waals surface area contributed by atoms with E-state index in [1.54, 1.807) is 0 Å². The Bertz CT molecular complexity index is 818. The second kappa shape index (κ2) is 23.3. The van der Waals surface area contributed by atoms with Crippen molar-refractivity contribution in [1.29, 1.82) is 0 Å². The Hall–Kier alpha value is -1.24.